The van der Waals surface area contributed by atoms with E-state index in [-0.39, 0.29) is 12.1 Å². The molecule has 1 aromatic heterocycles. The molecule has 0 amide bonds. The maximum Gasteiger partial charge on any atom is 0.191 e. The Kier molecular flexibility index (Phi) is 8.98. The van der Waals surface area contributed by atoms with Crippen LogP contribution < -0.4 is 20.1 Å². The highest BCUT2D eigenvalue weighted by Crippen LogP contribution is 2.30. The Labute approximate surface area is 180 Å². The van der Waals surface area contributed by atoms with Gasteiger partial charge in [0.2, 0.25) is 0 Å². The first-order valence-electron chi connectivity index (χ1n) is 10.4. The minimum absolute atomic E-state index is 0.0438. The van der Waals surface area contributed by atoms with E-state index in [2.05, 4.69) is 52.7 Å². The van der Waals surface area contributed by atoms with Crippen LogP contribution in [0.3, 0.4) is 0 Å². The third-order valence-electron chi connectivity index (χ3n) is 4.84. The van der Waals surface area contributed by atoms with Gasteiger partial charge in [-0.25, -0.2) is 0 Å². The lowest BCUT2D eigenvalue weighted by molar-refractivity contribution is 0.287. The number of hydrogen-bond acceptors (Lipinski definition) is 5. The first-order valence-corrected chi connectivity index (χ1v) is 10.4. The van der Waals surface area contributed by atoms with Gasteiger partial charge in [-0.15, -0.1) is 0 Å². The number of likely N-dealkylation sites (N-methyl/N-ethyl adjacent to an activating group) is 1. The molecule has 30 heavy (non-hydrogen) atoms. The van der Waals surface area contributed by atoms with E-state index >= 15 is 0 Å². The zero-order chi connectivity index (χ0) is 22.1. The SMILES string of the molecule is CCOc1ccc(C(C)NC(=NC)NCC(c2cnn(C)c2)N(C)C)cc1OCC. The summed E-state index contributed by atoms with van der Waals surface area (Å²) in [6.45, 7) is 7.94. The van der Waals surface area contributed by atoms with Gasteiger partial charge < -0.3 is 25.0 Å². The van der Waals surface area contributed by atoms with E-state index in [0.717, 1.165) is 28.6 Å². The lowest BCUT2D eigenvalue weighted by Crippen LogP contribution is -2.42. The van der Waals surface area contributed by atoms with Crippen LogP contribution in [0.15, 0.2) is 35.6 Å². The van der Waals surface area contributed by atoms with Gasteiger partial charge in [0.05, 0.1) is 31.5 Å². The average Bonchev–Trinajstić information content (AvgIpc) is 3.14. The highest BCUT2D eigenvalue weighted by molar-refractivity contribution is 5.80. The Morgan fingerprint density at radius 1 is 1.17 bits per heavy atom. The van der Waals surface area contributed by atoms with Crippen LogP contribution in [-0.2, 0) is 7.05 Å². The molecule has 0 saturated heterocycles. The van der Waals surface area contributed by atoms with Gasteiger partial charge in [-0.05, 0) is 52.6 Å². The van der Waals surface area contributed by atoms with Crippen LogP contribution >= 0.6 is 0 Å². The molecule has 2 unspecified atom stereocenters. The molecule has 0 fully saturated rings. The van der Waals surface area contributed by atoms with Crippen LogP contribution in [0.1, 0.15) is 44.0 Å². The molecule has 0 aliphatic carbocycles. The number of nitrogens with one attached hydrogen (secondary N) is 2. The second-order valence-corrected chi connectivity index (χ2v) is 7.32. The van der Waals surface area contributed by atoms with Crippen LogP contribution in [0, 0.1) is 0 Å². The molecule has 0 bridgehead atoms. The summed E-state index contributed by atoms with van der Waals surface area (Å²) in [4.78, 5) is 6.56. The number of nitrogens with zero attached hydrogens (tertiary/aromatic N) is 4. The predicted octanol–water partition coefficient (Wildman–Crippen LogP) is 2.75. The van der Waals surface area contributed by atoms with Crippen LogP contribution in [0.5, 0.6) is 11.5 Å². The second-order valence-electron chi connectivity index (χ2n) is 7.32. The first kappa shape index (κ1) is 23.5. The highest BCUT2D eigenvalue weighted by atomic mass is 16.5. The predicted molar refractivity (Wildman–Crippen MR) is 121 cm³/mol. The highest BCUT2D eigenvalue weighted by Gasteiger charge is 2.17. The van der Waals surface area contributed by atoms with E-state index < -0.39 is 0 Å². The van der Waals surface area contributed by atoms with Crippen molar-refractivity contribution in [2.45, 2.75) is 32.9 Å². The van der Waals surface area contributed by atoms with Gasteiger partial charge in [-0.1, -0.05) is 6.07 Å². The molecule has 0 radical (unpaired) electrons. The first-order chi connectivity index (χ1) is 14.4. The molecule has 1 aromatic carbocycles. The van der Waals surface area contributed by atoms with Crippen molar-refractivity contribution in [2.75, 3.05) is 40.9 Å². The van der Waals surface area contributed by atoms with Crippen molar-refractivity contribution in [3.63, 3.8) is 0 Å². The van der Waals surface area contributed by atoms with Crippen LogP contribution in [0.4, 0.5) is 0 Å². The van der Waals surface area contributed by atoms with Gasteiger partial charge in [-0.3, -0.25) is 9.67 Å². The molecule has 0 aliphatic heterocycles. The van der Waals surface area contributed by atoms with E-state index in [4.69, 9.17) is 9.47 Å². The van der Waals surface area contributed by atoms with E-state index in [9.17, 15) is 0 Å². The lowest BCUT2D eigenvalue weighted by atomic mass is 10.1. The minimum atomic E-state index is 0.0438. The van der Waals surface area contributed by atoms with E-state index in [0.29, 0.717) is 19.8 Å². The molecule has 2 rings (SSSR count). The topological polar surface area (TPSA) is 75.9 Å². The Bertz CT molecular complexity index is 818. The molecule has 0 spiro atoms. The fraction of sp³-hybridized carbons (Fsp3) is 0.545. The Morgan fingerprint density at radius 3 is 2.43 bits per heavy atom. The van der Waals surface area contributed by atoms with Gasteiger partial charge >= 0.3 is 0 Å². The van der Waals surface area contributed by atoms with Gasteiger partial charge in [0.15, 0.2) is 17.5 Å². The molecule has 8 heteroatoms. The summed E-state index contributed by atoms with van der Waals surface area (Å²) in [6.07, 6.45) is 3.95. The number of guanidine groups is 1. The van der Waals surface area contributed by atoms with Crippen molar-refractivity contribution in [3.05, 3.63) is 41.7 Å². The van der Waals surface area contributed by atoms with Gasteiger partial charge in [0.1, 0.15) is 0 Å². The summed E-state index contributed by atoms with van der Waals surface area (Å²) < 4.78 is 13.2. The molecule has 2 atom stereocenters. The van der Waals surface area contributed by atoms with Gasteiger partial charge in [-0.2, -0.15) is 5.10 Å². The molecule has 0 saturated carbocycles. The van der Waals surface area contributed by atoms with Crippen molar-refractivity contribution < 1.29 is 9.47 Å². The number of aryl methyl sites for hydroxylation is 1. The molecule has 2 N–H and O–H groups in total. The molecular weight excluding hydrogens is 380 g/mol. The summed E-state index contributed by atoms with van der Waals surface area (Å²) >= 11 is 0. The number of aliphatic imine (C=N–C) groups is 1. The largest absolute Gasteiger partial charge is 0.490 e. The minimum Gasteiger partial charge on any atom is -0.490 e. The zero-order valence-corrected chi connectivity index (χ0v) is 19.3. The van der Waals surface area contributed by atoms with E-state index in [1.807, 2.05) is 50.1 Å². The number of rotatable bonds is 10. The monoisotopic (exact) mass is 416 g/mol. The van der Waals surface area contributed by atoms with Crippen LogP contribution in [-0.4, -0.2) is 61.5 Å². The molecule has 0 aliphatic rings. The maximum atomic E-state index is 5.76. The third-order valence-corrected chi connectivity index (χ3v) is 4.84. The van der Waals surface area contributed by atoms with Crippen molar-refractivity contribution in [3.8, 4) is 11.5 Å². The van der Waals surface area contributed by atoms with Crippen LogP contribution in [0.25, 0.3) is 0 Å². The molecule has 166 valence electrons. The molecule has 8 nitrogen and oxygen atoms in total. The molecular formula is C22H36N6O2. The fourth-order valence-electron chi connectivity index (χ4n) is 3.22. The van der Waals surface area contributed by atoms with E-state index in [1.54, 1.807) is 7.05 Å². The molecule has 1 heterocycles. The Morgan fingerprint density at radius 2 is 1.87 bits per heavy atom. The number of aromatic nitrogens is 2. The van der Waals surface area contributed by atoms with Crippen LogP contribution in [0.2, 0.25) is 0 Å². The second kappa shape index (κ2) is 11.4. The normalized spacial score (nSPS) is 13.8. The maximum absolute atomic E-state index is 5.76. The summed E-state index contributed by atoms with van der Waals surface area (Å²) in [5.74, 6) is 2.27. The third kappa shape index (κ3) is 6.38. The summed E-state index contributed by atoms with van der Waals surface area (Å²) in [5.41, 5.74) is 2.26. The van der Waals surface area contributed by atoms with Crippen molar-refractivity contribution >= 4 is 5.96 Å². The van der Waals surface area contributed by atoms with Gasteiger partial charge in [0.25, 0.3) is 0 Å². The van der Waals surface area contributed by atoms with Gasteiger partial charge in [0, 0.05) is 32.4 Å². The molecule has 2 aromatic rings. The van der Waals surface area contributed by atoms with Crippen molar-refractivity contribution in [1.29, 1.82) is 0 Å². The van der Waals surface area contributed by atoms with Crippen molar-refractivity contribution in [2.24, 2.45) is 12.0 Å². The number of hydrogen-bond donors (Lipinski definition) is 2. The average molecular weight is 417 g/mol. The standard InChI is InChI=1S/C22H36N6O2/c1-8-29-20-11-10-17(12-21(20)30-9-2)16(3)26-22(23-4)24-14-19(27(5)6)18-13-25-28(7)15-18/h10-13,15-16,19H,8-9,14H2,1-7H3,(H2,23,24,26). The smallest absolute Gasteiger partial charge is 0.191 e. The number of benzene rings is 1. The Hall–Kier alpha value is -2.74. The van der Waals surface area contributed by atoms with Crippen molar-refractivity contribution in [1.82, 2.24) is 25.3 Å². The quantitative estimate of drug-likeness (QED) is 0.458. The summed E-state index contributed by atoms with van der Waals surface area (Å²) in [6, 6.07) is 6.27. The zero-order valence-electron chi connectivity index (χ0n) is 19.3. The Balaban J connectivity index is 2.05. The summed E-state index contributed by atoms with van der Waals surface area (Å²) in [7, 11) is 7.83. The number of ether oxygens (including phenoxy) is 2. The summed E-state index contributed by atoms with van der Waals surface area (Å²) in [5, 5.41) is 11.2. The fourth-order valence-corrected chi connectivity index (χ4v) is 3.22. The lowest BCUT2D eigenvalue weighted by Gasteiger charge is -2.26. The van der Waals surface area contributed by atoms with E-state index in [1.165, 1.54) is 0 Å².